The van der Waals surface area contributed by atoms with Crippen molar-refractivity contribution < 1.29 is 5.11 Å². The highest BCUT2D eigenvalue weighted by Crippen LogP contribution is 2.02. The topological polar surface area (TPSA) is 23.5 Å². The van der Waals surface area contributed by atoms with Crippen LogP contribution in [0.1, 0.15) is 33.6 Å². The van der Waals surface area contributed by atoms with Gasteiger partial charge in [-0.15, -0.1) is 0 Å². The predicted octanol–water partition coefficient (Wildman–Crippen LogP) is 1.49. The van der Waals surface area contributed by atoms with Gasteiger partial charge in [0.05, 0.1) is 6.10 Å². The van der Waals surface area contributed by atoms with Crippen molar-refractivity contribution in [2.45, 2.75) is 45.8 Å². The average molecular weight is 159 g/mol. The Morgan fingerprint density at radius 1 is 1.36 bits per heavy atom. The molecule has 2 heteroatoms. The van der Waals surface area contributed by atoms with Crippen LogP contribution in [0.15, 0.2) is 0 Å². The number of aliphatic hydroxyl groups excluding tert-OH is 1. The van der Waals surface area contributed by atoms with Crippen molar-refractivity contribution in [1.82, 2.24) is 4.90 Å². The Hall–Kier alpha value is -0.0800. The molecule has 0 aromatic heterocycles. The van der Waals surface area contributed by atoms with E-state index in [9.17, 15) is 5.11 Å². The van der Waals surface area contributed by atoms with E-state index in [0.29, 0.717) is 0 Å². The number of rotatable bonds is 5. The summed E-state index contributed by atoms with van der Waals surface area (Å²) in [6.07, 6.45) is 2.21. The van der Waals surface area contributed by atoms with Crippen molar-refractivity contribution in [3.8, 4) is 0 Å². The van der Waals surface area contributed by atoms with Crippen LogP contribution < -0.4 is 0 Å². The maximum atomic E-state index is 9.25. The molecule has 0 aromatic rings. The maximum absolute atomic E-state index is 9.25. The molecule has 0 amide bonds. The van der Waals surface area contributed by atoms with Crippen LogP contribution in [0, 0.1) is 0 Å². The lowest BCUT2D eigenvalue weighted by molar-refractivity contribution is 0.0860. The highest BCUT2D eigenvalue weighted by atomic mass is 16.3. The van der Waals surface area contributed by atoms with Gasteiger partial charge in [-0.2, -0.15) is 0 Å². The third-order valence-corrected chi connectivity index (χ3v) is 2.26. The molecule has 0 heterocycles. The van der Waals surface area contributed by atoms with Crippen LogP contribution in [0.25, 0.3) is 0 Å². The number of aliphatic hydroxyl groups is 1. The van der Waals surface area contributed by atoms with Crippen LogP contribution in [0.3, 0.4) is 0 Å². The number of hydrogen-bond acceptors (Lipinski definition) is 2. The zero-order valence-corrected chi connectivity index (χ0v) is 8.17. The van der Waals surface area contributed by atoms with Crippen LogP contribution in [-0.4, -0.2) is 35.7 Å². The van der Waals surface area contributed by atoms with E-state index >= 15 is 0 Å². The minimum absolute atomic E-state index is 0.225. The normalized spacial score (nSPS) is 16.9. The molecule has 0 saturated heterocycles. The number of nitrogens with zero attached hydrogens (tertiary/aromatic N) is 1. The van der Waals surface area contributed by atoms with Crippen molar-refractivity contribution in [1.29, 1.82) is 0 Å². The van der Waals surface area contributed by atoms with Crippen molar-refractivity contribution in [3.05, 3.63) is 0 Å². The molecule has 2 nitrogen and oxygen atoms in total. The summed E-state index contributed by atoms with van der Waals surface area (Å²) in [4.78, 5) is 2.20. The molecule has 0 aromatic carbocycles. The molecule has 0 fully saturated rings. The summed E-state index contributed by atoms with van der Waals surface area (Å²) in [7, 11) is 2.06. The first kappa shape index (κ1) is 10.9. The quantitative estimate of drug-likeness (QED) is 0.657. The highest BCUT2D eigenvalue weighted by molar-refractivity contribution is 4.67. The molecular weight excluding hydrogens is 138 g/mol. The number of likely N-dealkylation sites (N-methyl/N-ethyl adjacent to an activating group) is 1. The van der Waals surface area contributed by atoms with E-state index < -0.39 is 0 Å². The zero-order chi connectivity index (χ0) is 8.85. The van der Waals surface area contributed by atoms with E-state index in [2.05, 4.69) is 25.8 Å². The van der Waals surface area contributed by atoms with Crippen LogP contribution in [0.2, 0.25) is 0 Å². The van der Waals surface area contributed by atoms with Gasteiger partial charge in [-0.05, 0) is 33.9 Å². The summed E-state index contributed by atoms with van der Waals surface area (Å²) < 4.78 is 0. The monoisotopic (exact) mass is 159 g/mol. The zero-order valence-electron chi connectivity index (χ0n) is 8.17. The minimum atomic E-state index is -0.225. The fraction of sp³-hybridized carbons (Fsp3) is 1.00. The molecule has 0 bridgehead atoms. The molecule has 2 atom stereocenters. The Labute approximate surface area is 70.2 Å². The lowest BCUT2D eigenvalue weighted by Crippen LogP contribution is -2.37. The van der Waals surface area contributed by atoms with E-state index in [1.807, 2.05) is 6.92 Å². The van der Waals surface area contributed by atoms with E-state index in [1.165, 1.54) is 12.8 Å². The summed E-state index contributed by atoms with van der Waals surface area (Å²) in [5, 5.41) is 9.25. The van der Waals surface area contributed by atoms with Gasteiger partial charge >= 0.3 is 0 Å². The van der Waals surface area contributed by atoms with Crippen LogP contribution in [0.4, 0.5) is 0 Å². The Morgan fingerprint density at radius 2 is 1.91 bits per heavy atom. The Kier molecular flexibility index (Phi) is 5.51. The first-order chi connectivity index (χ1) is 5.09. The van der Waals surface area contributed by atoms with Crippen LogP contribution in [-0.2, 0) is 0 Å². The lowest BCUT2D eigenvalue weighted by Gasteiger charge is -2.26. The van der Waals surface area contributed by atoms with Crippen LogP contribution in [0.5, 0.6) is 0 Å². The molecule has 0 radical (unpaired) electrons. The molecular formula is C9H21NO. The highest BCUT2D eigenvalue weighted by Gasteiger charge is 2.12. The molecule has 2 unspecified atom stereocenters. The first-order valence-corrected chi connectivity index (χ1v) is 4.47. The SMILES string of the molecule is CCCCN(C)C(C)C(C)O. The van der Waals surface area contributed by atoms with Gasteiger partial charge in [0.1, 0.15) is 0 Å². The number of hydrogen-bond donors (Lipinski definition) is 1. The van der Waals surface area contributed by atoms with Gasteiger partial charge in [0.15, 0.2) is 0 Å². The fourth-order valence-electron chi connectivity index (χ4n) is 0.979. The van der Waals surface area contributed by atoms with E-state index in [-0.39, 0.29) is 12.1 Å². The number of unbranched alkanes of at least 4 members (excludes halogenated alkanes) is 1. The summed E-state index contributed by atoms with van der Waals surface area (Å²) in [5.41, 5.74) is 0. The molecule has 0 aliphatic carbocycles. The van der Waals surface area contributed by atoms with Crippen molar-refractivity contribution >= 4 is 0 Å². The Morgan fingerprint density at radius 3 is 2.27 bits per heavy atom. The smallest absolute Gasteiger partial charge is 0.0664 e. The molecule has 1 N–H and O–H groups in total. The summed E-state index contributed by atoms with van der Waals surface area (Å²) in [6, 6.07) is 0.279. The minimum Gasteiger partial charge on any atom is -0.392 e. The Balaban J connectivity index is 3.55. The predicted molar refractivity (Wildman–Crippen MR) is 48.7 cm³/mol. The maximum Gasteiger partial charge on any atom is 0.0664 e. The van der Waals surface area contributed by atoms with Crippen molar-refractivity contribution in [2.24, 2.45) is 0 Å². The summed E-state index contributed by atoms with van der Waals surface area (Å²) in [5.74, 6) is 0. The summed E-state index contributed by atoms with van der Waals surface area (Å²) >= 11 is 0. The molecule has 0 spiro atoms. The largest absolute Gasteiger partial charge is 0.392 e. The Bertz CT molecular complexity index is 93.6. The van der Waals surface area contributed by atoms with Crippen molar-refractivity contribution in [3.63, 3.8) is 0 Å². The second-order valence-corrected chi connectivity index (χ2v) is 3.32. The molecule has 68 valence electrons. The standard InChI is InChI=1S/C9H21NO/c1-5-6-7-10(4)8(2)9(3)11/h8-9,11H,5-7H2,1-4H3. The second-order valence-electron chi connectivity index (χ2n) is 3.32. The van der Waals surface area contributed by atoms with E-state index in [1.54, 1.807) is 0 Å². The first-order valence-electron chi connectivity index (χ1n) is 4.47. The van der Waals surface area contributed by atoms with Gasteiger partial charge in [-0.1, -0.05) is 13.3 Å². The average Bonchev–Trinajstić information content (AvgIpc) is 1.98. The fourth-order valence-corrected chi connectivity index (χ4v) is 0.979. The van der Waals surface area contributed by atoms with Gasteiger partial charge in [0.25, 0.3) is 0 Å². The summed E-state index contributed by atoms with van der Waals surface area (Å²) in [6.45, 7) is 7.16. The third kappa shape index (κ3) is 4.38. The third-order valence-electron chi connectivity index (χ3n) is 2.26. The van der Waals surface area contributed by atoms with Gasteiger partial charge in [-0.3, -0.25) is 0 Å². The van der Waals surface area contributed by atoms with Gasteiger partial charge in [-0.25, -0.2) is 0 Å². The molecule has 11 heavy (non-hydrogen) atoms. The van der Waals surface area contributed by atoms with Crippen LogP contribution >= 0.6 is 0 Å². The molecule has 0 saturated carbocycles. The van der Waals surface area contributed by atoms with Crippen molar-refractivity contribution in [2.75, 3.05) is 13.6 Å². The molecule has 0 aliphatic heterocycles. The van der Waals surface area contributed by atoms with Gasteiger partial charge < -0.3 is 10.0 Å². The lowest BCUT2D eigenvalue weighted by atomic mass is 10.2. The van der Waals surface area contributed by atoms with E-state index in [4.69, 9.17) is 0 Å². The van der Waals surface area contributed by atoms with E-state index in [0.717, 1.165) is 6.54 Å². The molecule has 0 aliphatic rings. The van der Waals surface area contributed by atoms with Gasteiger partial charge in [0.2, 0.25) is 0 Å². The molecule has 0 rings (SSSR count). The second kappa shape index (κ2) is 5.56. The van der Waals surface area contributed by atoms with Gasteiger partial charge in [0, 0.05) is 6.04 Å².